The molecule has 2 rings (SSSR count). The minimum atomic E-state index is -0.612. The summed E-state index contributed by atoms with van der Waals surface area (Å²) in [7, 11) is 1.87. The molecule has 1 fully saturated rings. The molecule has 1 amide bonds. The molecule has 2 atom stereocenters. The standard InChI is InChI=1S/C20H32N2O3/c1-16(20(24)21-18-11-7-4-8-12-18)22(2)13-19(23)15-25-14-17-9-5-3-6-10-17/h3,5-6,9-10,16,18-19,23H,4,7-8,11-15H2,1-2H3,(H,21,24)/t16-,19+/m0/s1. The topological polar surface area (TPSA) is 61.8 Å². The van der Waals surface area contributed by atoms with Crippen molar-refractivity contribution in [3.05, 3.63) is 35.9 Å². The number of ether oxygens (including phenoxy) is 1. The number of likely N-dealkylation sites (N-methyl/N-ethyl adjacent to an activating group) is 1. The number of aliphatic hydroxyl groups excluding tert-OH is 1. The van der Waals surface area contributed by atoms with E-state index >= 15 is 0 Å². The molecule has 0 heterocycles. The first kappa shape index (κ1) is 19.9. The average molecular weight is 348 g/mol. The number of carbonyl (C=O) groups excluding carboxylic acids is 1. The van der Waals surface area contributed by atoms with E-state index in [1.165, 1.54) is 19.3 Å². The Balaban J connectivity index is 1.66. The third kappa shape index (κ3) is 7.14. The van der Waals surface area contributed by atoms with Crippen LogP contribution in [-0.2, 0) is 16.1 Å². The highest BCUT2D eigenvalue weighted by Crippen LogP contribution is 2.17. The average Bonchev–Trinajstić information content (AvgIpc) is 2.62. The Bertz CT molecular complexity index is 503. The molecule has 5 nitrogen and oxygen atoms in total. The van der Waals surface area contributed by atoms with Gasteiger partial charge in [0, 0.05) is 12.6 Å². The highest BCUT2D eigenvalue weighted by molar-refractivity contribution is 5.81. The lowest BCUT2D eigenvalue weighted by Crippen LogP contribution is -2.49. The molecule has 0 saturated heterocycles. The van der Waals surface area contributed by atoms with E-state index in [1.807, 2.05) is 49.2 Å². The molecule has 0 aromatic heterocycles. The van der Waals surface area contributed by atoms with Crippen LogP contribution in [-0.4, -0.2) is 54.3 Å². The first-order chi connectivity index (χ1) is 12.1. The zero-order valence-electron chi connectivity index (χ0n) is 15.5. The fraction of sp³-hybridized carbons (Fsp3) is 0.650. The van der Waals surface area contributed by atoms with Gasteiger partial charge in [0.1, 0.15) is 0 Å². The summed E-state index contributed by atoms with van der Waals surface area (Å²) in [6.07, 6.45) is 5.23. The second kappa shape index (κ2) is 10.5. The molecule has 0 bridgehead atoms. The normalized spacial score (nSPS) is 18.1. The predicted molar refractivity (Wildman–Crippen MR) is 99.2 cm³/mol. The summed E-state index contributed by atoms with van der Waals surface area (Å²) < 4.78 is 5.57. The molecule has 5 heteroatoms. The van der Waals surface area contributed by atoms with Gasteiger partial charge in [0.05, 0.1) is 25.4 Å². The fourth-order valence-corrected chi connectivity index (χ4v) is 3.20. The maximum absolute atomic E-state index is 12.4. The smallest absolute Gasteiger partial charge is 0.237 e. The summed E-state index contributed by atoms with van der Waals surface area (Å²) in [5.41, 5.74) is 1.09. The lowest BCUT2D eigenvalue weighted by atomic mass is 9.95. The number of nitrogens with one attached hydrogen (secondary N) is 1. The Kier molecular flexibility index (Phi) is 8.38. The minimum absolute atomic E-state index is 0.0480. The lowest BCUT2D eigenvalue weighted by Gasteiger charge is -2.29. The maximum Gasteiger partial charge on any atom is 0.237 e. The van der Waals surface area contributed by atoms with Gasteiger partial charge in [-0.1, -0.05) is 49.6 Å². The van der Waals surface area contributed by atoms with E-state index < -0.39 is 6.10 Å². The first-order valence-corrected chi connectivity index (χ1v) is 9.36. The van der Waals surface area contributed by atoms with Crippen molar-refractivity contribution < 1.29 is 14.6 Å². The maximum atomic E-state index is 12.4. The van der Waals surface area contributed by atoms with Crippen molar-refractivity contribution in [2.75, 3.05) is 20.2 Å². The lowest BCUT2D eigenvalue weighted by molar-refractivity contribution is -0.127. The molecule has 2 N–H and O–H groups in total. The SMILES string of the molecule is C[C@@H](C(=O)NC1CCCCC1)N(C)C[C@@H](O)COCc1ccccc1. The van der Waals surface area contributed by atoms with E-state index in [2.05, 4.69) is 5.32 Å². The van der Waals surface area contributed by atoms with Gasteiger partial charge in [-0.15, -0.1) is 0 Å². The highest BCUT2D eigenvalue weighted by Gasteiger charge is 2.23. The van der Waals surface area contributed by atoms with Crippen molar-refractivity contribution in [1.82, 2.24) is 10.2 Å². The zero-order chi connectivity index (χ0) is 18.1. The van der Waals surface area contributed by atoms with Crippen LogP contribution in [0.3, 0.4) is 0 Å². The number of hydrogen-bond donors (Lipinski definition) is 2. The largest absolute Gasteiger partial charge is 0.389 e. The number of benzene rings is 1. The summed E-state index contributed by atoms with van der Waals surface area (Å²) >= 11 is 0. The van der Waals surface area contributed by atoms with E-state index in [4.69, 9.17) is 4.74 Å². The molecule has 1 saturated carbocycles. The second-order valence-corrected chi connectivity index (χ2v) is 7.11. The third-order valence-corrected chi connectivity index (χ3v) is 4.91. The van der Waals surface area contributed by atoms with Crippen LogP contribution in [0.5, 0.6) is 0 Å². The Hall–Kier alpha value is -1.43. The molecule has 1 aliphatic rings. The van der Waals surface area contributed by atoms with Gasteiger partial charge < -0.3 is 15.2 Å². The molecular formula is C20H32N2O3. The summed E-state index contributed by atoms with van der Waals surface area (Å²) in [5, 5.41) is 13.3. The molecule has 0 radical (unpaired) electrons. The minimum Gasteiger partial charge on any atom is -0.389 e. The van der Waals surface area contributed by atoms with Crippen LogP contribution >= 0.6 is 0 Å². The fourth-order valence-electron chi connectivity index (χ4n) is 3.20. The Morgan fingerprint density at radius 1 is 1.28 bits per heavy atom. The number of hydrogen-bond acceptors (Lipinski definition) is 4. The van der Waals surface area contributed by atoms with Crippen LogP contribution < -0.4 is 5.32 Å². The van der Waals surface area contributed by atoms with Gasteiger partial charge in [-0.3, -0.25) is 9.69 Å². The summed E-state index contributed by atoms with van der Waals surface area (Å²) in [6, 6.07) is 9.95. The molecular weight excluding hydrogens is 316 g/mol. The number of rotatable bonds is 9. The van der Waals surface area contributed by atoms with Crippen LogP contribution in [0.4, 0.5) is 0 Å². The van der Waals surface area contributed by atoms with Crippen LogP contribution in [0.15, 0.2) is 30.3 Å². The van der Waals surface area contributed by atoms with Gasteiger partial charge in [0.15, 0.2) is 0 Å². The van der Waals surface area contributed by atoms with Crippen molar-refractivity contribution >= 4 is 5.91 Å². The third-order valence-electron chi connectivity index (χ3n) is 4.91. The van der Waals surface area contributed by atoms with E-state index in [0.717, 1.165) is 18.4 Å². The van der Waals surface area contributed by atoms with Crippen molar-refractivity contribution in [1.29, 1.82) is 0 Å². The zero-order valence-corrected chi connectivity index (χ0v) is 15.5. The molecule has 140 valence electrons. The number of amides is 1. The number of aliphatic hydroxyl groups is 1. The van der Waals surface area contributed by atoms with Crippen molar-refractivity contribution in [3.8, 4) is 0 Å². The molecule has 0 unspecified atom stereocenters. The number of nitrogens with zero attached hydrogens (tertiary/aromatic N) is 1. The summed E-state index contributed by atoms with van der Waals surface area (Å²) in [5.74, 6) is 0.0480. The number of carbonyl (C=O) groups is 1. The van der Waals surface area contributed by atoms with Crippen molar-refractivity contribution in [2.45, 2.75) is 63.8 Å². The molecule has 1 aliphatic carbocycles. The Morgan fingerprint density at radius 2 is 1.96 bits per heavy atom. The van der Waals surface area contributed by atoms with Crippen LogP contribution in [0, 0.1) is 0 Å². The van der Waals surface area contributed by atoms with Crippen LogP contribution in [0.25, 0.3) is 0 Å². The van der Waals surface area contributed by atoms with E-state index in [1.54, 1.807) is 0 Å². The first-order valence-electron chi connectivity index (χ1n) is 9.36. The Morgan fingerprint density at radius 3 is 2.64 bits per heavy atom. The predicted octanol–water partition coefficient (Wildman–Crippen LogP) is 2.33. The second-order valence-electron chi connectivity index (χ2n) is 7.11. The Labute approximate surface area is 151 Å². The molecule has 0 spiro atoms. The summed E-state index contributed by atoms with van der Waals surface area (Å²) in [4.78, 5) is 14.3. The van der Waals surface area contributed by atoms with Gasteiger partial charge in [0.25, 0.3) is 0 Å². The van der Waals surface area contributed by atoms with Gasteiger partial charge >= 0.3 is 0 Å². The molecule has 25 heavy (non-hydrogen) atoms. The van der Waals surface area contributed by atoms with Crippen LogP contribution in [0.2, 0.25) is 0 Å². The van der Waals surface area contributed by atoms with Crippen LogP contribution in [0.1, 0.15) is 44.6 Å². The molecule has 1 aromatic rings. The van der Waals surface area contributed by atoms with E-state index in [9.17, 15) is 9.90 Å². The highest BCUT2D eigenvalue weighted by atomic mass is 16.5. The van der Waals surface area contributed by atoms with Crippen molar-refractivity contribution in [3.63, 3.8) is 0 Å². The van der Waals surface area contributed by atoms with E-state index in [0.29, 0.717) is 19.2 Å². The van der Waals surface area contributed by atoms with Gasteiger partial charge in [-0.05, 0) is 32.4 Å². The summed E-state index contributed by atoms with van der Waals surface area (Å²) in [6.45, 7) is 3.04. The van der Waals surface area contributed by atoms with Gasteiger partial charge in [-0.25, -0.2) is 0 Å². The van der Waals surface area contributed by atoms with Gasteiger partial charge in [-0.2, -0.15) is 0 Å². The molecule has 1 aromatic carbocycles. The van der Waals surface area contributed by atoms with Gasteiger partial charge in [0.2, 0.25) is 5.91 Å². The quantitative estimate of drug-likeness (QED) is 0.719. The van der Waals surface area contributed by atoms with Crippen molar-refractivity contribution in [2.24, 2.45) is 0 Å². The molecule has 0 aliphatic heterocycles. The monoisotopic (exact) mass is 348 g/mol. The van der Waals surface area contributed by atoms with E-state index in [-0.39, 0.29) is 18.6 Å².